The highest BCUT2D eigenvalue weighted by atomic mass is 35.5. The molecule has 3 nitrogen and oxygen atoms in total. The molecule has 1 aromatic rings. The number of halogens is 1. The van der Waals surface area contributed by atoms with Gasteiger partial charge >= 0.3 is 0 Å². The maximum absolute atomic E-state index is 9.69. The number of aliphatic hydroxyl groups excluding tert-OH is 2. The third-order valence-electron chi connectivity index (χ3n) is 4.22. The molecule has 0 aromatic heterocycles. The summed E-state index contributed by atoms with van der Waals surface area (Å²) in [6, 6.07) is 3.82. The van der Waals surface area contributed by atoms with Crippen molar-refractivity contribution in [3.63, 3.8) is 0 Å². The lowest BCUT2D eigenvalue weighted by molar-refractivity contribution is 0.0159. The molecule has 1 aliphatic heterocycles. The monoisotopic (exact) mass is 284 g/mol. The van der Waals surface area contributed by atoms with Crippen molar-refractivity contribution in [1.29, 1.82) is 0 Å². The number of hydrogen-bond donors (Lipinski definition) is 2. The molecule has 106 valence electrons. The van der Waals surface area contributed by atoms with E-state index in [9.17, 15) is 10.2 Å². The molecule has 1 heterocycles. The Morgan fingerprint density at radius 1 is 1.32 bits per heavy atom. The standard InChI is InChI=1S/C15H21ClO3/c1-10(2)15(8-17,9-18)7-12-6-13(16)5-11-3-4-19-14(11)12/h5-6,10,17-18H,3-4,7-9H2,1-2H3. The molecule has 0 amide bonds. The predicted molar refractivity (Wildman–Crippen MR) is 75.8 cm³/mol. The van der Waals surface area contributed by atoms with E-state index in [1.165, 1.54) is 0 Å². The van der Waals surface area contributed by atoms with E-state index in [0.29, 0.717) is 18.1 Å². The van der Waals surface area contributed by atoms with Crippen LogP contribution in [0.25, 0.3) is 0 Å². The molecule has 2 rings (SSSR count). The topological polar surface area (TPSA) is 49.7 Å². The molecule has 0 unspecified atom stereocenters. The van der Waals surface area contributed by atoms with Crippen LogP contribution in [-0.4, -0.2) is 30.0 Å². The van der Waals surface area contributed by atoms with Gasteiger partial charge in [-0.05, 0) is 35.6 Å². The fraction of sp³-hybridized carbons (Fsp3) is 0.600. The summed E-state index contributed by atoms with van der Waals surface area (Å²) < 4.78 is 5.68. The van der Waals surface area contributed by atoms with Crippen LogP contribution in [0.4, 0.5) is 0 Å². The van der Waals surface area contributed by atoms with Crippen LogP contribution in [0.1, 0.15) is 25.0 Å². The average Bonchev–Trinajstić information content (AvgIpc) is 2.83. The van der Waals surface area contributed by atoms with Gasteiger partial charge in [-0.3, -0.25) is 0 Å². The molecule has 0 saturated carbocycles. The molecule has 0 radical (unpaired) electrons. The van der Waals surface area contributed by atoms with E-state index < -0.39 is 5.41 Å². The molecule has 2 N–H and O–H groups in total. The van der Waals surface area contributed by atoms with Gasteiger partial charge in [0.15, 0.2) is 0 Å². The molecule has 0 atom stereocenters. The van der Waals surface area contributed by atoms with Gasteiger partial charge in [0.1, 0.15) is 5.75 Å². The summed E-state index contributed by atoms with van der Waals surface area (Å²) in [6.07, 6.45) is 1.44. The largest absolute Gasteiger partial charge is 0.493 e. The van der Waals surface area contributed by atoms with Crippen LogP contribution < -0.4 is 4.74 Å². The first-order chi connectivity index (χ1) is 9.02. The first-order valence-electron chi connectivity index (χ1n) is 6.68. The minimum Gasteiger partial charge on any atom is -0.493 e. The summed E-state index contributed by atoms with van der Waals surface area (Å²) in [5, 5.41) is 20.1. The van der Waals surface area contributed by atoms with Crippen molar-refractivity contribution >= 4 is 11.6 Å². The van der Waals surface area contributed by atoms with Gasteiger partial charge in [0.2, 0.25) is 0 Å². The Balaban J connectivity index is 2.37. The summed E-state index contributed by atoms with van der Waals surface area (Å²) in [7, 11) is 0. The lowest BCUT2D eigenvalue weighted by atomic mass is 9.73. The Morgan fingerprint density at radius 3 is 2.58 bits per heavy atom. The molecule has 0 saturated heterocycles. The van der Waals surface area contributed by atoms with Crippen molar-refractivity contribution in [2.45, 2.75) is 26.7 Å². The van der Waals surface area contributed by atoms with Crippen LogP contribution in [-0.2, 0) is 12.8 Å². The summed E-state index contributed by atoms with van der Waals surface area (Å²) in [5.41, 5.74) is 1.57. The smallest absolute Gasteiger partial charge is 0.125 e. The summed E-state index contributed by atoms with van der Waals surface area (Å²) in [4.78, 5) is 0. The van der Waals surface area contributed by atoms with Gasteiger partial charge in [-0.2, -0.15) is 0 Å². The normalized spacial score (nSPS) is 14.6. The van der Waals surface area contributed by atoms with Crippen molar-refractivity contribution in [3.05, 3.63) is 28.3 Å². The first kappa shape index (κ1) is 14.6. The molecular weight excluding hydrogens is 264 g/mol. The zero-order valence-corrected chi connectivity index (χ0v) is 12.2. The summed E-state index contributed by atoms with van der Waals surface area (Å²) >= 11 is 6.14. The number of fused-ring (bicyclic) bond motifs is 1. The number of ether oxygens (including phenoxy) is 1. The molecule has 0 bridgehead atoms. The highest BCUT2D eigenvalue weighted by molar-refractivity contribution is 6.30. The van der Waals surface area contributed by atoms with Crippen LogP contribution in [0.2, 0.25) is 5.02 Å². The Bertz CT molecular complexity index is 453. The fourth-order valence-electron chi connectivity index (χ4n) is 2.59. The lowest BCUT2D eigenvalue weighted by Crippen LogP contribution is -2.37. The molecular formula is C15H21ClO3. The van der Waals surface area contributed by atoms with E-state index >= 15 is 0 Å². The Morgan fingerprint density at radius 2 is 2.00 bits per heavy atom. The minimum absolute atomic E-state index is 0.0531. The van der Waals surface area contributed by atoms with Crippen LogP contribution >= 0.6 is 11.6 Å². The zero-order chi connectivity index (χ0) is 14.0. The van der Waals surface area contributed by atoms with Crippen LogP contribution in [0.5, 0.6) is 5.75 Å². The molecule has 19 heavy (non-hydrogen) atoms. The Labute approximate surface area is 119 Å². The molecule has 1 aliphatic rings. The maximum Gasteiger partial charge on any atom is 0.125 e. The van der Waals surface area contributed by atoms with Crippen molar-refractivity contribution in [3.8, 4) is 5.75 Å². The first-order valence-corrected chi connectivity index (χ1v) is 7.06. The van der Waals surface area contributed by atoms with E-state index in [4.69, 9.17) is 16.3 Å². The Hall–Kier alpha value is -0.770. The number of rotatable bonds is 5. The van der Waals surface area contributed by atoms with E-state index in [0.717, 1.165) is 23.3 Å². The van der Waals surface area contributed by atoms with Gasteiger partial charge < -0.3 is 14.9 Å². The molecule has 0 aliphatic carbocycles. The van der Waals surface area contributed by atoms with E-state index in [1.54, 1.807) is 0 Å². The van der Waals surface area contributed by atoms with Crippen molar-refractivity contribution < 1.29 is 14.9 Å². The summed E-state index contributed by atoms with van der Waals surface area (Å²) in [5.74, 6) is 1.05. The fourth-order valence-corrected chi connectivity index (χ4v) is 2.85. The zero-order valence-electron chi connectivity index (χ0n) is 11.4. The minimum atomic E-state index is -0.537. The van der Waals surface area contributed by atoms with E-state index in [1.807, 2.05) is 26.0 Å². The predicted octanol–water partition coefficient (Wildman–Crippen LogP) is 2.44. The molecule has 0 spiro atoms. The number of aliphatic hydroxyl groups is 2. The van der Waals surface area contributed by atoms with E-state index in [2.05, 4.69) is 0 Å². The van der Waals surface area contributed by atoms with Gasteiger partial charge in [0.05, 0.1) is 19.8 Å². The van der Waals surface area contributed by atoms with Gasteiger partial charge in [-0.1, -0.05) is 25.4 Å². The van der Waals surface area contributed by atoms with Crippen LogP contribution in [0.15, 0.2) is 12.1 Å². The third-order valence-corrected chi connectivity index (χ3v) is 4.44. The second kappa shape index (κ2) is 5.70. The molecule has 4 heteroatoms. The quantitative estimate of drug-likeness (QED) is 0.873. The maximum atomic E-state index is 9.69. The molecule has 1 aromatic carbocycles. The van der Waals surface area contributed by atoms with Gasteiger partial charge in [0.25, 0.3) is 0 Å². The van der Waals surface area contributed by atoms with Gasteiger partial charge in [-0.25, -0.2) is 0 Å². The van der Waals surface area contributed by atoms with Gasteiger partial charge in [-0.15, -0.1) is 0 Å². The van der Waals surface area contributed by atoms with Crippen LogP contribution in [0.3, 0.4) is 0 Å². The summed E-state index contributed by atoms with van der Waals surface area (Å²) in [6.45, 7) is 4.59. The average molecular weight is 285 g/mol. The number of benzene rings is 1. The van der Waals surface area contributed by atoms with Crippen molar-refractivity contribution in [2.75, 3.05) is 19.8 Å². The van der Waals surface area contributed by atoms with Crippen LogP contribution in [0, 0.1) is 11.3 Å². The Kier molecular flexibility index (Phi) is 4.39. The number of hydrogen-bond acceptors (Lipinski definition) is 3. The SMILES string of the molecule is CC(C)C(CO)(CO)Cc1cc(Cl)cc2c1OCC2. The second-order valence-electron chi connectivity index (χ2n) is 5.66. The highest BCUT2D eigenvalue weighted by Gasteiger charge is 2.34. The second-order valence-corrected chi connectivity index (χ2v) is 6.10. The highest BCUT2D eigenvalue weighted by Crippen LogP contribution is 2.39. The van der Waals surface area contributed by atoms with Crippen molar-refractivity contribution in [1.82, 2.24) is 0 Å². The van der Waals surface area contributed by atoms with Gasteiger partial charge in [0, 0.05) is 16.9 Å². The van der Waals surface area contributed by atoms with Crippen molar-refractivity contribution in [2.24, 2.45) is 11.3 Å². The lowest BCUT2D eigenvalue weighted by Gasteiger charge is -2.34. The third kappa shape index (κ3) is 2.73. The van der Waals surface area contributed by atoms with E-state index in [-0.39, 0.29) is 19.1 Å². The molecule has 0 fully saturated rings.